The molecule has 1 unspecified atom stereocenters. The normalized spacial score (nSPS) is 12.8. The van der Waals surface area contributed by atoms with Crippen LogP contribution in [0.4, 0.5) is 0 Å². The Bertz CT molecular complexity index is 110. The van der Waals surface area contributed by atoms with Crippen molar-refractivity contribution in [2.45, 2.75) is 58.4 Å². The van der Waals surface area contributed by atoms with Gasteiger partial charge in [-0.2, -0.15) is 0 Å². The Hall–Kier alpha value is -0.300. The number of hydrogen-bond donors (Lipinski definition) is 1. The highest BCUT2D eigenvalue weighted by molar-refractivity contribution is 4.69. The fraction of sp³-hybridized carbons (Fsp3) is 0.833. The van der Waals surface area contributed by atoms with Crippen LogP contribution in [0.15, 0.2) is 12.7 Å². The summed E-state index contributed by atoms with van der Waals surface area (Å²) in [5.74, 6) is 0. The largest absolute Gasteiger partial charge is 0.314 e. The van der Waals surface area contributed by atoms with Crippen LogP contribution >= 0.6 is 0 Å². The second-order valence-electron chi connectivity index (χ2n) is 3.78. The monoisotopic (exact) mass is 183 g/mol. The van der Waals surface area contributed by atoms with Crippen LogP contribution in [0.1, 0.15) is 52.4 Å². The molecule has 1 atom stereocenters. The lowest BCUT2D eigenvalue weighted by Crippen LogP contribution is -2.26. The third-order valence-corrected chi connectivity index (χ3v) is 2.33. The maximum atomic E-state index is 3.70. The Morgan fingerprint density at radius 1 is 1.31 bits per heavy atom. The summed E-state index contributed by atoms with van der Waals surface area (Å²) in [6.45, 7) is 9.31. The van der Waals surface area contributed by atoms with E-state index in [2.05, 4.69) is 25.7 Å². The summed E-state index contributed by atoms with van der Waals surface area (Å²) in [6.07, 6.45) is 9.85. The average molecular weight is 183 g/mol. The van der Waals surface area contributed by atoms with E-state index in [1.807, 2.05) is 6.08 Å². The van der Waals surface area contributed by atoms with Crippen LogP contribution in [0.5, 0.6) is 0 Å². The zero-order valence-electron chi connectivity index (χ0n) is 9.31. The van der Waals surface area contributed by atoms with Gasteiger partial charge in [-0.1, -0.05) is 38.7 Å². The molecule has 0 aromatic rings. The Balaban J connectivity index is 3.09. The highest BCUT2D eigenvalue weighted by Crippen LogP contribution is 2.04. The van der Waals surface area contributed by atoms with E-state index in [1.54, 1.807) is 0 Å². The lowest BCUT2D eigenvalue weighted by atomic mass is 10.1. The maximum Gasteiger partial charge on any atom is 0.00388 e. The minimum atomic E-state index is 0.678. The van der Waals surface area contributed by atoms with E-state index in [-0.39, 0.29) is 0 Å². The second kappa shape index (κ2) is 9.79. The highest BCUT2D eigenvalue weighted by Gasteiger charge is 1.98. The van der Waals surface area contributed by atoms with Crippen molar-refractivity contribution in [1.82, 2.24) is 5.32 Å². The van der Waals surface area contributed by atoms with Gasteiger partial charge in [-0.15, -0.1) is 6.58 Å². The summed E-state index contributed by atoms with van der Waals surface area (Å²) < 4.78 is 0. The summed E-state index contributed by atoms with van der Waals surface area (Å²) >= 11 is 0. The zero-order valence-corrected chi connectivity index (χ0v) is 9.31. The van der Waals surface area contributed by atoms with Crippen LogP contribution in [0.2, 0.25) is 0 Å². The van der Waals surface area contributed by atoms with Crippen molar-refractivity contribution in [3.63, 3.8) is 0 Å². The van der Waals surface area contributed by atoms with Gasteiger partial charge in [0.1, 0.15) is 0 Å². The SMILES string of the molecule is C=CCCNC(C)CCCCCC. The molecule has 0 saturated heterocycles. The molecule has 1 heteroatoms. The molecule has 1 N–H and O–H groups in total. The second-order valence-corrected chi connectivity index (χ2v) is 3.78. The van der Waals surface area contributed by atoms with Crippen molar-refractivity contribution in [2.75, 3.05) is 6.54 Å². The number of nitrogens with one attached hydrogen (secondary N) is 1. The van der Waals surface area contributed by atoms with Crippen molar-refractivity contribution in [3.05, 3.63) is 12.7 Å². The predicted octanol–water partition coefficient (Wildman–Crippen LogP) is 3.51. The predicted molar refractivity (Wildman–Crippen MR) is 61.0 cm³/mol. The molecule has 1 nitrogen and oxygen atoms in total. The molecule has 0 saturated carbocycles. The number of hydrogen-bond acceptors (Lipinski definition) is 1. The van der Waals surface area contributed by atoms with E-state index in [4.69, 9.17) is 0 Å². The maximum absolute atomic E-state index is 3.70. The summed E-state index contributed by atoms with van der Waals surface area (Å²) in [7, 11) is 0. The molecular weight excluding hydrogens is 158 g/mol. The molecule has 0 amide bonds. The van der Waals surface area contributed by atoms with E-state index in [0.29, 0.717) is 6.04 Å². The van der Waals surface area contributed by atoms with Crippen LogP contribution in [-0.4, -0.2) is 12.6 Å². The first kappa shape index (κ1) is 12.7. The van der Waals surface area contributed by atoms with Crippen LogP contribution in [-0.2, 0) is 0 Å². The van der Waals surface area contributed by atoms with Gasteiger partial charge in [0.15, 0.2) is 0 Å². The quantitative estimate of drug-likeness (QED) is 0.426. The first-order chi connectivity index (χ1) is 6.31. The van der Waals surface area contributed by atoms with Crippen LogP contribution < -0.4 is 5.32 Å². The third-order valence-electron chi connectivity index (χ3n) is 2.33. The fourth-order valence-corrected chi connectivity index (χ4v) is 1.41. The molecule has 0 fully saturated rings. The summed E-state index contributed by atoms with van der Waals surface area (Å²) in [5, 5.41) is 3.49. The molecule has 0 aliphatic carbocycles. The average Bonchev–Trinajstić information content (AvgIpc) is 2.13. The molecule has 0 aliphatic heterocycles. The molecule has 0 bridgehead atoms. The lowest BCUT2D eigenvalue weighted by molar-refractivity contribution is 0.488. The third kappa shape index (κ3) is 9.62. The number of rotatable bonds is 9. The van der Waals surface area contributed by atoms with Gasteiger partial charge in [0, 0.05) is 6.04 Å². The Labute approximate surface area is 83.6 Å². The molecule has 0 heterocycles. The fourth-order valence-electron chi connectivity index (χ4n) is 1.41. The van der Waals surface area contributed by atoms with Gasteiger partial charge >= 0.3 is 0 Å². The molecular formula is C12H25N. The van der Waals surface area contributed by atoms with Crippen LogP contribution in [0.3, 0.4) is 0 Å². The summed E-state index contributed by atoms with van der Waals surface area (Å²) in [4.78, 5) is 0. The summed E-state index contributed by atoms with van der Waals surface area (Å²) in [5.41, 5.74) is 0. The molecule has 0 aliphatic rings. The van der Waals surface area contributed by atoms with E-state index >= 15 is 0 Å². The van der Waals surface area contributed by atoms with Gasteiger partial charge < -0.3 is 5.32 Å². The first-order valence-electron chi connectivity index (χ1n) is 5.65. The van der Waals surface area contributed by atoms with Crippen molar-refractivity contribution in [1.29, 1.82) is 0 Å². The van der Waals surface area contributed by atoms with Crippen molar-refractivity contribution in [2.24, 2.45) is 0 Å². The zero-order chi connectivity index (χ0) is 9.94. The highest BCUT2D eigenvalue weighted by atomic mass is 14.9. The number of unbranched alkanes of at least 4 members (excludes halogenated alkanes) is 3. The van der Waals surface area contributed by atoms with Crippen molar-refractivity contribution < 1.29 is 0 Å². The standard InChI is InChI=1S/C12H25N/c1-4-6-8-9-10-12(3)13-11-7-5-2/h5,12-13H,2,4,6-11H2,1,3H3. The van der Waals surface area contributed by atoms with Crippen molar-refractivity contribution >= 4 is 0 Å². The van der Waals surface area contributed by atoms with Gasteiger partial charge in [0.25, 0.3) is 0 Å². The van der Waals surface area contributed by atoms with Crippen LogP contribution in [0.25, 0.3) is 0 Å². The molecule has 0 aromatic heterocycles. The first-order valence-corrected chi connectivity index (χ1v) is 5.65. The Kier molecular flexibility index (Phi) is 9.56. The smallest absolute Gasteiger partial charge is 0.00388 e. The van der Waals surface area contributed by atoms with Gasteiger partial charge in [0.05, 0.1) is 0 Å². The van der Waals surface area contributed by atoms with E-state index in [1.165, 1.54) is 32.1 Å². The minimum Gasteiger partial charge on any atom is -0.314 e. The van der Waals surface area contributed by atoms with Gasteiger partial charge in [-0.3, -0.25) is 0 Å². The van der Waals surface area contributed by atoms with Crippen LogP contribution in [0, 0.1) is 0 Å². The molecule has 0 aromatic carbocycles. The summed E-state index contributed by atoms with van der Waals surface area (Å²) in [6, 6.07) is 0.678. The Morgan fingerprint density at radius 3 is 2.69 bits per heavy atom. The molecule has 0 spiro atoms. The van der Waals surface area contributed by atoms with Crippen molar-refractivity contribution in [3.8, 4) is 0 Å². The Morgan fingerprint density at radius 2 is 2.08 bits per heavy atom. The van der Waals surface area contributed by atoms with Gasteiger partial charge in [-0.05, 0) is 26.3 Å². The topological polar surface area (TPSA) is 12.0 Å². The minimum absolute atomic E-state index is 0.678. The lowest BCUT2D eigenvalue weighted by Gasteiger charge is -2.12. The molecule has 0 radical (unpaired) electrons. The molecule has 78 valence electrons. The van der Waals surface area contributed by atoms with E-state index < -0.39 is 0 Å². The van der Waals surface area contributed by atoms with E-state index in [0.717, 1.165) is 13.0 Å². The van der Waals surface area contributed by atoms with Gasteiger partial charge in [-0.25, -0.2) is 0 Å². The van der Waals surface area contributed by atoms with E-state index in [9.17, 15) is 0 Å². The van der Waals surface area contributed by atoms with Gasteiger partial charge in [0.2, 0.25) is 0 Å². The molecule has 0 rings (SSSR count). The molecule has 13 heavy (non-hydrogen) atoms.